The van der Waals surface area contributed by atoms with Crippen molar-refractivity contribution < 1.29 is 33.3 Å². The number of esters is 1. The van der Waals surface area contributed by atoms with Crippen molar-refractivity contribution in [1.29, 1.82) is 0 Å². The standard InChI is InChI=1S/C17H22O7/c1-4-14(24-17(19)13-8-6-5-7-9-13)16(23-12-21-3)15(10-18)22-11-20-2/h4-10,14-16H,1,11-12H2,2-3H3. The minimum Gasteiger partial charge on any atom is -0.452 e. The van der Waals surface area contributed by atoms with E-state index in [-0.39, 0.29) is 13.6 Å². The van der Waals surface area contributed by atoms with Crippen molar-refractivity contribution in [2.24, 2.45) is 0 Å². The first-order valence-corrected chi connectivity index (χ1v) is 7.22. The summed E-state index contributed by atoms with van der Waals surface area (Å²) in [4.78, 5) is 23.5. The molecule has 0 aliphatic rings. The molecule has 1 aromatic rings. The van der Waals surface area contributed by atoms with E-state index in [4.69, 9.17) is 23.7 Å². The van der Waals surface area contributed by atoms with Gasteiger partial charge in [0.05, 0.1) is 5.56 Å². The first kappa shape index (κ1) is 20.0. The Hall–Kier alpha value is -2.06. The molecule has 0 heterocycles. The summed E-state index contributed by atoms with van der Waals surface area (Å²) in [5.41, 5.74) is 0.371. The number of aldehydes is 1. The van der Waals surface area contributed by atoms with Crippen molar-refractivity contribution in [1.82, 2.24) is 0 Å². The van der Waals surface area contributed by atoms with E-state index in [0.717, 1.165) is 0 Å². The van der Waals surface area contributed by atoms with Crippen LogP contribution in [-0.2, 0) is 28.5 Å². The molecule has 132 valence electrons. The summed E-state index contributed by atoms with van der Waals surface area (Å²) in [6.07, 6.45) is -0.950. The zero-order chi connectivity index (χ0) is 17.8. The van der Waals surface area contributed by atoms with Crippen molar-refractivity contribution in [3.05, 3.63) is 48.6 Å². The molecule has 0 bridgehead atoms. The van der Waals surface area contributed by atoms with Crippen LogP contribution in [0.1, 0.15) is 10.4 Å². The Labute approximate surface area is 141 Å². The van der Waals surface area contributed by atoms with E-state index >= 15 is 0 Å². The molecule has 7 nitrogen and oxygen atoms in total. The lowest BCUT2D eigenvalue weighted by molar-refractivity contribution is -0.178. The lowest BCUT2D eigenvalue weighted by atomic mass is 10.1. The normalized spacial score (nSPS) is 14.4. The molecule has 0 radical (unpaired) electrons. The molecule has 0 aromatic heterocycles. The topological polar surface area (TPSA) is 80.3 Å². The summed E-state index contributed by atoms with van der Waals surface area (Å²) in [5, 5.41) is 0. The number of hydrogen-bond acceptors (Lipinski definition) is 7. The van der Waals surface area contributed by atoms with Crippen LogP contribution in [0.2, 0.25) is 0 Å². The molecule has 0 spiro atoms. The second-order valence-electron chi connectivity index (χ2n) is 4.68. The Morgan fingerprint density at radius 1 is 1.08 bits per heavy atom. The number of ether oxygens (including phenoxy) is 5. The van der Waals surface area contributed by atoms with E-state index in [0.29, 0.717) is 11.8 Å². The minimum atomic E-state index is -1.02. The lowest BCUT2D eigenvalue weighted by Gasteiger charge is -2.28. The van der Waals surface area contributed by atoms with Crippen LogP contribution in [0, 0.1) is 0 Å². The second-order valence-corrected chi connectivity index (χ2v) is 4.68. The van der Waals surface area contributed by atoms with Crippen LogP contribution in [-0.4, -0.2) is 58.4 Å². The van der Waals surface area contributed by atoms with Gasteiger partial charge in [0.1, 0.15) is 31.9 Å². The van der Waals surface area contributed by atoms with Gasteiger partial charge in [0, 0.05) is 14.2 Å². The molecule has 0 aliphatic heterocycles. The molecule has 1 aromatic carbocycles. The van der Waals surface area contributed by atoms with Crippen molar-refractivity contribution in [3.63, 3.8) is 0 Å². The zero-order valence-corrected chi connectivity index (χ0v) is 13.8. The molecule has 0 fully saturated rings. The van der Waals surface area contributed by atoms with Gasteiger partial charge in [-0.2, -0.15) is 0 Å². The van der Waals surface area contributed by atoms with Gasteiger partial charge in [0.15, 0.2) is 6.29 Å². The lowest BCUT2D eigenvalue weighted by Crippen LogP contribution is -2.44. The molecule has 7 heteroatoms. The van der Waals surface area contributed by atoms with Gasteiger partial charge in [0.25, 0.3) is 0 Å². The van der Waals surface area contributed by atoms with Gasteiger partial charge in [-0.3, -0.25) is 0 Å². The molecular formula is C17H22O7. The van der Waals surface area contributed by atoms with E-state index < -0.39 is 24.3 Å². The first-order valence-electron chi connectivity index (χ1n) is 7.22. The number of benzene rings is 1. The van der Waals surface area contributed by atoms with Crippen LogP contribution >= 0.6 is 0 Å². The molecule has 24 heavy (non-hydrogen) atoms. The summed E-state index contributed by atoms with van der Waals surface area (Å²) >= 11 is 0. The summed E-state index contributed by atoms with van der Waals surface area (Å²) in [7, 11) is 2.86. The molecular weight excluding hydrogens is 316 g/mol. The maximum atomic E-state index is 12.2. The fourth-order valence-electron chi connectivity index (χ4n) is 1.90. The number of carbonyl (C=O) groups excluding carboxylic acids is 2. The highest BCUT2D eigenvalue weighted by Gasteiger charge is 2.32. The van der Waals surface area contributed by atoms with Gasteiger partial charge in [-0.15, -0.1) is 0 Å². The fourth-order valence-corrected chi connectivity index (χ4v) is 1.90. The fraction of sp³-hybridized carbons (Fsp3) is 0.412. The Kier molecular flexibility index (Phi) is 9.55. The van der Waals surface area contributed by atoms with Crippen LogP contribution in [0.5, 0.6) is 0 Å². The third-order valence-electron chi connectivity index (χ3n) is 3.02. The van der Waals surface area contributed by atoms with Gasteiger partial charge < -0.3 is 28.5 Å². The van der Waals surface area contributed by atoms with Crippen molar-refractivity contribution >= 4 is 12.3 Å². The highest BCUT2D eigenvalue weighted by molar-refractivity contribution is 5.89. The van der Waals surface area contributed by atoms with E-state index in [9.17, 15) is 9.59 Å². The Morgan fingerprint density at radius 3 is 2.25 bits per heavy atom. The predicted octanol–water partition coefficient (Wildman–Crippen LogP) is 1.58. The minimum absolute atomic E-state index is 0.113. The monoisotopic (exact) mass is 338 g/mol. The first-order chi connectivity index (χ1) is 11.7. The average Bonchev–Trinajstić information content (AvgIpc) is 2.63. The molecule has 0 N–H and O–H groups in total. The van der Waals surface area contributed by atoms with Gasteiger partial charge in [-0.05, 0) is 18.2 Å². The zero-order valence-electron chi connectivity index (χ0n) is 13.8. The maximum absolute atomic E-state index is 12.2. The van der Waals surface area contributed by atoms with Gasteiger partial charge in [-0.25, -0.2) is 4.79 Å². The molecule has 0 saturated heterocycles. The van der Waals surface area contributed by atoms with Crippen molar-refractivity contribution in [3.8, 4) is 0 Å². The molecule has 3 atom stereocenters. The third-order valence-corrected chi connectivity index (χ3v) is 3.02. The summed E-state index contributed by atoms with van der Waals surface area (Å²) in [6, 6.07) is 8.45. The van der Waals surface area contributed by atoms with E-state index in [1.54, 1.807) is 30.3 Å². The molecule has 1 rings (SSSR count). The van der Waals surface area contributed by atoms with Crippen LogP contribution in [0.25, 0.3) is 0 Å². The van der Waals surface area contributed by atoms with Crippen LogP contribution in [0.4, 0.5) is 0 Å². The van der Waals surface area contributed by atoms with Crippen LogP contribution in [0.15, 0.2) is 43.0 Å². The second kappa shape index (κ2) is 11.5. The van der Waals surface area contributed by atoms with Gasteiger partial charge in [0.2, 0.25) is 0 Å². The van der Waals surface area contributed by atoms with E-state index in [1.165, 1.54) is 20.3 Å². The van der Waals surface area contributed by atoms with Crippen molar-refractivity contribution in [2.75, 3.05) is 27.8 Å². The maximum Gasteiger partial charge on any atom is 0.338 e. The summed E-state index contributed by atoms with van der Waals surface area (Å²) in [5.74, 6) is -0.567. The third kappa shape index (κ3) is 6.21. The Morgan fingerprint density at radius 2 is 1.71 bits per heavy atom. The highest BCUT2D eigenvalue weighted by atomic mass is 16.7. The quantitative estimate of drug-likeness (QED) is 0.248. The van der Waals surface area contributed by atoms with Crippen LogP contribution in [0.3, 0.4) is 0 Å². The van der Waals surface area contributed by atoms with E-state index in [2.05, 4.69) is 6.58 Å². The molecule has 0 aliphatic carbocycles. The molecule has 3 unspecified atom stereocenters. The van der Waals surface area contributed by atoms with Crippen LogP contribution < -0.4 is 0 Å². The SMILES string of the molecule is C=CC(OC(=O)c1ccccc1)C(OCOC)C(C=O)OCOC. The number of rotatable bonds is 12. The van der Waals surface area contributed by atoms with Crippen molar-refractivity contribution in [2.45, 2.75) is 18.3 Å². The number of carbonyl (C=O) groups is 2. The van der Waals surface area contributed by atoms with E-state index in [1.807, 2.05) is 0 Å². The average molecular weight is 338 g/mol. The Balaban J connectivity index is 2.88. The molecule has 0 amide bonds. The summed E-state index contributed by atoms with van der Waals surface area (Å²) < 4.78 is 25.7. The predicted molar refractivity (Wildman–Crippen MR) is 85.4 cm³/mol. The number of methoxy groups -OCH3 is 2. The number of hydrogen-bond donors (Lipinski definition) is 0. The Bertz CT molecular complexity index is 503. The highest BCUT2D eigenvalue weighted by Crippen LogP contribution is 2.15. The summed E-state index contributed by atoms with van der Waals surface area (Å²) in [6.45, 7) is 3.40. The smallest absolute Gasteiger partial charge is 0.338 e. The van der Waals surface area contributed by atoms with Gasteiger partial charge in [-0.1, -0.05) is 24.8 Å². The largest absolute Gasteiger partial charge is 0.452 e. The van der Waals surface area contributed by atoms with Gasteiger partial charge >= 0.3 is 5.97 Å². The molecule has 0 saturated carbocycles.